The van der Waals surface area contributed by atoms with Crippen LogP contribution in [-0.4, -0.2) is 10.7 Å². The molecule has 3 nitrogen and oxygen atoms in total. The molecule has 2 unspecified atom stereocenters. The molecule has 0 aliphatic heterocycles. The lowest BCUT2D eigenvalue weighted by Gasteiger charge is -2.29. The maximum Gasteiger partial charge on any atom is 0.246 e. The Kier molecular flexibility index (Phi) is 6.17. The zero-order chi connectivity index (χ0) is 16.9. The Hall–Kier alpha value is -1.41. The third-order valence-electron chi connectivity index (χ3n) is 3.99. The monoisotopic (exact) mass is 331 g/mol. The maximum atomic E-state index is 13.1. The SMILES string of the molecule is CC(C)CC(N[C@@H](C)c1ccccc1)P(=O)(O)c1ccccc1. The molecule has 0 aliphatic rings. The Morgan fingerprint density at radius 1 is 0.957 bits per heavy atom. The fourth-order valence-corrected chi connectivity index (χ4v) is 4.80. The fourth-order valence-electron chi connectivity index (χ4n) is 2.71. The quantitative estimate of drug-likeness (QED) is 0.744. The van der Waals surface area contributed by atoms with E-state index >= 15 is 0 Å². The van der Waals surface area contributed by atoms with Crippen molar-refractivity contribution in [3.8, 4) is 0 Å². The lowest BCUT2D eigenvalue weighted by atomic mass is 10.1. The van der Waals surface area contributed by atoms with E-state index in [9.17, 15) is 9.46 Å². The predicted molar refractivity (Wildman–Crippen MR) is 97.1 cm³/mol. The Morgan fingerprint density at radius 2 is 1.48 bits per heavy atom. The summed E-state index contributed by atoms with van der Waals surface area (Å²) in [6, 6.07) is 19.0. The fraction of sp³-hybridized carbons (Fsp3) is 0.368. The Labute approximate surface area is 139 Å². The van der Waals surface area contributed by atoms with Gasteiger partial charge >= 0.3 is 0 Å². The summed E-state index contributed by atoms with van der Waals surface area (Å²) in [5, 5.41) is 3.90. The van der Waals surface area contributed by atoms with Crippen LogP contribution in [0.25, 0.3) is 0 Å². The van der Waals surface area contributed by atoms with Gasteiger partial charge in [0.25, 0.3) is 0 Å². The molecule has 0 saturated carbocycles. The Morgan fingerprint density at radius 3 is 2.00 bits per heavy atom. The van der Waals surface area contributed by atoms with E-state index in [1.54, 1.807) is 12.1 Å². The predicted octanol–water partition coefficient (Wildman–Crippen LogP) is 4.31. The van der Waals surface area contributed by atoms with Gasteiger partial charge in [0.1, 0.15) is 0 Å². The minimum Gasteiger partial charge on any atom is -0.340 e. The van der Waals surface area contributed by atoms with Crippen molar-refractivity contribution >= 4 is 12.7 Å². The highest BCUT2D eigenvalue weighted by atomic mass is 31.2. The summed E-state index contributed by atoms with van der Waals surface area (Å²) in [6.45, 7) is 6.19. The molecule has 3 atom stereocenters. The van der Waals surface area contributed by atoms with Gasteiger partial charge in [0.15, 0.2) is 0 Å². The molecular formula is C19H26NO2P. The smallest absolute Gasteiger partial charge is 0.246 e. The molecule has 0 bridgehead atoms. The van der Waals surface area contributed by atoms with E-state index in [-0.39, 0.29) is 6.04 Å². The first-order valence-corrected chi connectivity index (χ1v) is 9.83. The number of nitrogens with one attached hydrogen (secondary N) is 1. The lowest BCUT2D eigenvalue weighted by molar-refractivity contribution is 0.404. The van der Waals surface area contributed by atoms with Crippen molar-refractivity contribution < 1.29 is 9.46 Å². The highest BCUT2D eigenvalue weighted by molar-refractivity contribution is 7.66. The van der Waals surface area contributed by atoms with Gasteiger partial charge in [-0.15, -0.1) is 0 Å². The first kappa shape index (κ1) is 17.9. The van der Waals surface area contributed by atoms with Crippen molar-refractivity contribution in [2.24, 2.45) is 5.92 Å². The van der Waals surface area contributed by atoms with Crippen LogP contribution in [0.3, 0.4) is 0 Å². The van der Waals surface area contributed by atoms with Crippen LogP contribution in [0.2, 0.25) is 0 Å². The first-order chi connectivity index (χ1) is 10.9. The molecule has 0 amide bonds. The summed E-state index contributed by atoms with van der Waals surface area (Å²) in [6.07, 6.45) is 0.653. The molecule has 0 heterocycles. The average molecular weight is 331 g/mol. The molecule has 2 rings (SSSR count). The van der Waals surface area contributed by atoms with Crippen molar-refractivity contribution in [3.63, 3.8) is 0 Å². The van der Waals surface area contributed by atoms with Gasteiger partial charge in [0, 0.05) is 11.3 Å². The van der Waals surface area contributed by atoms with Gasteiger partial charge in [0.2, 0.25) is 7.37 Å². The number of benzene rings is 2. The molecular weight excluding hydrogens is 305 g/mol. The van der Waals surface area contributed by atoms with Gasteiger partial charge in [-0.25, -0.2) is 0 Å². The van der Waals surface area contributed by atoms with E-state index in [1.807, 2.05) is 55.5 Å². The van der Waals surface area contributed by atoms with Crippen molar-refractivity contribution in [3.05, 3.63) is 66.2 Å². The van der Waals surface area contributed by atoms with Crippen LogP contribution >= 0.6 is 7.37 Å². The van der Waals surface area contributed by atoms with Crippen molar-refractivity contribution in [1.82, 2.24) is 5.32 Å². The van der Waals surface area contributed by atoms with Gasteiger partial charge in [-0.05, 0) is 37.0 Å². The molecule has 124 valence electrons. The summed E-state index contributed by atoms with van der Waals surface area (Å²) < 4.78 is 13.1. The molecule has 0 spiro atoms. The molecule has 4 heteroatoms. The molecule has 2 N–H and O–H groups in total. The third-order valence-corrected chi connectivity index (χ3v) is 6.23. The zero-order valence-electron chi connectivity index (χ0n) is 14.0. The van der Waals surface area contributed by atoms with Crippen LogP contribution < -0.4 is 10.6 Å². The molecule has 2 aromatic carbocycles. The van der Waals surface area contributed by atoms with E-state index in [1.165, 1.54) is 0 Å². The zero-order valence-corrected chi connectivity index (χ0v) is 14.9. The van der Waals surface area contributed by atoms with Gasteiger partial charge < -0.3 is 4.89 Å². The van der Waals surface area contributed by atoms with Crippen LogP contribution in [0.5, 0.6) is 0 Å². The van der Waals surface area contributed by atoms with E-state index < -0.39 is 13.2 Å². The number of rotatable bonds is 7. The van der Waals surface area contributed by atoms with Crippen LogP contribution in [0.15, 0.2) is 60.7 Å². The topological polar surface area (TPSA) is 49.3 Å². The Bertz CT molecular complexity index is 643. The van der Waals surface area contributed by atoms with E-state index in [4.69, 9.17) is 0 Å². The molecule has 2 aromatic rings. The molecule has 23 heavy (non-hydrogen) atoms. The number of hydrogen-bond donors (Lipinski definition) is 2. The van der Waals surface area contributed by atoms with Crippen LogP contribution in [0.1, 0.15) is 38.8 Å². The highest BCUT2D eigenvalue weighted by Gasteiger charge is 2.34. The Balaban J connectivity index is 2.25. The molecule has 0 aliphatic carbocycles. The standard InChI is InChI=1S/C19H26NO2P/c1-15(2)14-19(20-16(3)17-10-6-4-7-11-17)23(21,22)18-12-8-5-9-13-18/h4-13,15-16,19-20H,14H2,1-3H3,(H,21,22)/t16-,19?/m0/s1. The largest absolute Gasteiger partial charge is 0.340 e. The maximum absolute atomic E-state index is 13.1. The summed E-state index contributed by atoms with van der Waals surface area (Å²) in [4.78, 5) is 10.8. The van der Waals surface area contributed by atoms with Crippen LogP contribution in [-0.2, 0) is 4.57 Å². The van der Waals surface area contributed by atoms with E-state index in [0.717, 1.165) is 5.56 Å². The first-order valence-electron chi connectivity index (χ1n) is 8.10. The van der Waals surface area contributed by atoms with Gasteiger partial charge in [-0.2, -0.15) is 0 Å². The van der Waals surface area contributed by atoms with Crippen molar-refractivity contribution in [1.29, 1.82) is 0 Å². The van der Waals surface area contributed by atoms with Gasteiger partial charge in [0.05, 0.1) is 5.78 Å². The summed E-state index contributed by atoms with van der Waals surface area (Å²) in [5.74, 6) is -0.125. The van der Waals surface area contributed by atoms with E-state index in [2.05, 4.69) is 19.2 Å². The van der Waals surface area contributed by atoms with Gasteiger partial charge in [-0.1, -0.05) is 62.4 Å². The molecule has 0 radical (unpaired) electrons. The second kappa shape index (κ2) is 7.92. The van der Waals surface area contributed by atoms with Gasteiger partial charge in [-0.3, -0.25) is 9.88 Å². The number of hydrogen-bond acceptors (Lipinski definition) is 2. The molecule has 0 fully saturated rings. The second-order valence-corrected chi connectivity index (χ2v) is 8.79. The minimum atomic E-state index is -3.49. The molecule has 0 saturated heterocycles. The minimum absolute atomic E-state index is 0.0177. The average Bonchev–Trinajstić information content (AvgIpc) is 2.55. The van der Waals surface area contributed by atoms with Crippen molar-refractivity contribution in [2.75, 3.05) is 0 Å². The van der Waals surface area contributed by atoms with Crippen molar-refractivity contribution in [2.45, 2.75) is 39.0 Å². The van der Waals surface area contributed by atoms with Crippen LogP contribution in [0, 0.1) is 5.92 Å². The normalized spacial score (nSPS) is 16.7. The summed E-state index contributed by atoms with van der Waals surface area (Å²) in [5.41, 5.74) is 1.12. The van der Waals surface area contributed by atoms with Crippen LogP contribution in [0.4, 0.5) is 0 Å². The molecule has 0 aromatic heterocycles. The third kappa shape index (κ3) is 4.78. The lowest BCUT2D eigenvalue weighted by Crippen LogP contribution is -2.35. The summed E-state index contributed by atoms with van der Waals surface area (Å²) in [7, 11) is -3.49. The second-order valence-electron chi connectivity index (χ2n) is 6.40. The summed E-state index contributed by atoms with van der Waals surface area (Å²) >= 11 is 0. The van der Waals surface area contributed by atoms with E-state index in [0.29, 0.717) is 17.6 Å². The highest BCUT2D eigenvalue weighted by Crippen LogP contribution is 2.47.